The summed E-state index contributed by atoms with van der Waals surface area (Å²) in [5.41, 5.74) is 1.63. The van der Waals surface area contributed by atoms with Crippen molar-refractivity contribution in [3.05, 3.63) is 29.8 Å². The van der Waals surface area contributed by atoms with Gasteiger partial charge in [0.05, 0.1) is 0 Å². The predicted molar refractivity (Wildman–Crippen MR) is 96.1 cm³/mol. The molecule has 0 N–H and O–H groups in total. The van der Waals surface area contributed by atoms with E-state index in [1.807, 2.05) is 29.2 Å². The fraction of sp³-hybridized carbons (Fsp3) is 0.600. The van der Waals surface area contributed by atoms with Gasteiger partial charge in [-0.2, -0.15) is 0 Å². The number of anilines is 1. The molecule has 4 heteroatoms. The van der Waals surface area contributed by atoms with Gasteiger partial charge in [-0.1, -0.05) is 20.3 Å². The lowest BCUT2D eigenvalue weighted by molar-refractivity contribution is -0.117. The average molecular weight is 328 g/mol. The summed E-state index contributed by atoms with van der Waals surface area (Å²) < 4.78 is 0. The van der Waals surface area contributed by atoms with Crippen LogP contribution in [0.3, 0.4) is 0 Å². The largest absolute Gasteiger partial charge is 0.333 e. The van der Waals surface area contributed by atoms with Crippen LogP contribution in [0.25, 0.3) is 0 Å². The monoisotopic (exact) mass is 328 g/mol. The summed E-state index contributed by atoms with van der Waals surface area (Å²) in [6.45, 7) is 7.35. The van der Waals surface area contributed by atoms with E-state index in [1.54, 1.807) is 0 Å². The summed E-state index contributed by atoms with van der Waals surface area (Å²) in [5.74, 6) is 0.805. The smallest absolute Gasteiger partial charge is 0.254 e. The molecule has 2 atom stereocenters. The molecular weight excluding hydrogens is 300 g/mol. The third-order valence-corrected chi connectivity index (χ3v) is 5.58. The van der Waals surface area contributed by atoms with Crippen molar-refractivity contribution in [1.82, 2.24) is 4.90 Å². The Bertz CT molecular complexity index is 607. The first-order chi connectivity index (χ1) is 11.5. The highest BCUT2D eigenvalue weighted by Gasteiger charge is 2.37. The molecule has 1 aliphatic heterocycles. The van der Waals surface area contributed by atoms with E-state index in [1.165, 1.54) is 0 Å². The van der Waals surface area contributed by atoms with Crippen molar-refractivity contribution >= 4 is 17.5 Å². The SMILES string of the molecule is CCC(C)C(C)N(C(=O)c1ccc(N2CCCC2=O)cc1)C1CC1. The topological polar surface area (TPSA) is 40.6 Å². The maximum atomic E-state index is 13.0. The van der Waals surface area contributed by atoms with E-state index >= 15 is 0 Å². The normalized spacial score (nSPS) is 20.1. The molecule has 1 aromatic carbocycles. The highest BCUT2D eigenvalue weighted by atomic mass is 16.2. The maximum Gasteiger partial charge on any atom is 0.254 e. The molecule has 0 radical (unpaired) electrons. The highest BCUT2D eigenvalue weighted by Crippen LogP contribution is 2.33. The molecule has 0 aromatic heterocycles. The minimum Gasteiger partial charge on any atom is -0.333 e. The first kappa shape index (κ1) is 17.0. The van der Waals surface area contributed by atoms with Crippen LogP contribution in [0, 0.1) is 5.92 Å². The van der Waals surface area contributed by atoms with Crippen molar-refractivity contribution in [1.29, 1.82) is 0 Å². The van der Waals surface area contributed by atoms with Crippen LogP contribution in [-0.2, 0) is 4.79 Å². The van der Waals surface area contributed by atoms with E-state index in [4.69, 9.17) is 0 Å². The quantitative estimate of drug-likeness (QED) is 0.796. The molecule has 4 nitrogen and oxygen atoms in total. The van der Waals surface area contributed by atoms with Gasteiger partial charge in [0.1, 0.15) is 0 Å². The van der Waals surface area contributed by atoms with Crippen molar-refractivity contribution in [2.24, 2.45) is 5.92 Å². The number of hydrogen-bond donors (Lipinski definition) is 0. The van der Waals surface area contributed by atoms with Gasteiger partial charge < -0.3 is 9.80 Å². The Labute approximate surface area is 144 Å². The number of carbonyl (C=O) groups excluding carboxylic acids is 2. The van der Waals surface area contributed by atoms with E-state index in [0.717, 1.165) is 43.5 Å². The Balaban J connectivity index is 1.76. The molecular formula is C20H28N2O2. The molecule has 2 fully saturated rings. The lowest BCUT2D eigenvalue weighted by Crippen LogP contribution is -2.43. The molecule has 1 saturated heterocycles. The number of amides is 2. The van der Waals surface area contributed by atoms with Crippen LogP contribution < -0.4 is 4.90 Å². The molecule has 2 unspecified atom stereocenters. The van der Waals surface area contributed by atoms with Gasteiger partial charge in [-0.15, -0.1) is 0 Å². The fourth-order valence-electron chi connectivity index (χ4n) is 3.51. The molecule has 1 aromatic rings. The lowest BCUT2D eigenvalue weighted by atomic mass is 9.98. The van der Waals surface area contributed by atoms with Crippen LogP contribution in [0.1, 0.15) is 63.2 Å². The number of carbonyl (C=O) groups is 2. The van der Waals surface area contributed by atoms with E-state index in [0.29, 0.717) is 18.4 Å². The van der Waals surface area contributed by atoms with Crippen molar-refractivity contribution in [3.63, 3.8) is 0 Å². The Morgan fingerprint density at radius 3 is 2.42 bits per heavy atom. The molecule has 130 valence electrons. The summed E-state index contributed by atoms with van der Waals surface area (Å²) >= 11 is 0. The molecule has 0 spiro atoms. The first-order valence-corrected chi connectivity index (χ1v) is 9.26. The second-order valence-corrected chi connectivity index (χ2v) is 7.27. The number of benzene rings is 1. The van der Waals surface area contributed by atoms with Crippen molar-refractivity contribution in [2.45, 2.75) is 65.0 Å². The predicted octanol–water partition coefficient (Wildman–Crippen LogP) is 3.85. The van der Waals surface area contributed by atoms with Crippen LogP contribution >= 0.6 is 0 Å². The molecule has 2 aliphatic rings. The second kappa shape index (κ2) is 6.96. The molecule has 1 heterocycles. The van der Waals surface area contributed by atoms with Crippen molar-refractivity contribution in [3.8, 4) is 0 Å². The summed E-state index contributed by atoms with van der Waals surface area (Å²) in [6.07, 6.45) is 4.86. The van der Waals surface area contributed by atoms with Gasteiger partial charge >= 0.3 is 0 Å². The number of nitrogens with zero attached hydrogens (tertiary/aromatic N) is 2. The van der Waals surface area contributed by atoms with E-state index in [2.05, 4.69) is 25.7 Å². The summed E-state index contributed by atoms with van der Waals surface area (Å²) in [4.78, 5) is 28.8. The van der Waals surface area contributed by atoms with Crippen molar-refractivity contribution in [2.75, 3.05) is 11.4 Å². The molecule has 3 rings (SSSR count). The number of hydrogen-bond acceptors (Lipinski definition) is 2. The standard InChI is InChI=1S/C20H28N2O2/c1-4-14(2)15(3)22(18-11-12-18)20(24)16-7-9-17(10-8-16)21-13-5-6-19(21)23/h7-10,14-15,18H,4-6,11-13H2,1-3H3. The Morgan fingerprint density at radius 1 is 1.25 bits per heavy atom. The summed E-state index contributed by atoms with van der Waals surface area (Å²) in [6, 6.07) is 8.24. The van der Waals surface area contributed by atoms with Gasteiger partial charge in [0, 0.05) is 36.3 Å². The number of rotatable bonds is 6. The minimum atomic E-state index is 0.129. The molecule has 0 bridgehead atoms. The van der Waals surface area contributed by atoms with Gasteiger partial charge in [-0.3, -0.25) is 9.59 Å². The lowest BCUT2D eigenvalue weighted by Gasteiger charge is -2.33. The molecule has 1 saturated carbocycles. The van der Waals surface area contributed by atoms with Crippen LogP contribution in [0.15, 0.2) is 24.3 Å². The minimum absolute atomic E-state index is 0.129. The zero-order chi connectivity index (χ0) is 17.3. The van der Waals surface area contributed by atoms with Gasteiger partial charge in [0.2, 0.25) is 5.91 Å². The van der Waals surface area contributed by atoms with Gasteiger partial charge in [0.25, 0.3) is 5.91 Å². The van der Waals surface area contributed by atoms with Crippen LogP contribution in [0.2, 0.25) is 0 Å². The van der Waals surface area contributed by atoms with E-state index in [-0.39, 0.29) is 17.9 Å². The van der Waals surface area contributed by atoms with Crippen LogP contribution in [0.5, 0.6) is 0 Å². The fourth-order valence-corrected chi connectivity index (χ4v) is 3.51. The Kier molecular flexibility index (Phi) is 4.93. The Hall–Kier alpha value is -1.84. The molecule has 24 heavy (non-hydrogen) atoms. The zero-order valence-electron chi connectivity index (χ0n) is 15.0. The van der Waals surface area contributed by atoms with Gasteiger partial charge in [0.15, 0.2) is 0 Å². The van der Waals surface area contributed by atoms with Gasteiger partial charge in [-0.05, 0) is 56.4 Å². The summed E-state index contributed by atoms with van der Waals surface area (Å²) in [7, 11) is 0. The average Bonchev–Trinajstić information content (AvgIpc) is 3.34. The third-order valence-electron chi connectivity index (χ3n) is 5.58. The summed E-state index contributed by atoms with van der Waals surface area (Å²) in [5, 5.41) is 0. The van der Waals surface area contributed by atoms with Crippen molar-refractivity contribution < 1.29 is 9.59 Å². The Morgan fingerprint density at radius 2 is 1.92 bits per heavy atom. The molecule has 1 aliphatic carbocycles. The maximum absolute atomic E-state index is 13.0. The first-order valence-electron chi connectivity index (χ1n) is 9.26. The van der Waals surface area contributed by atoms with E-state index in [9.17, 15) is 9.59 Å². The van der Waals surface area contributed by atoms with Crippen LogP contribution in [0.4, 0.5) is 5.69 Å². The highest BCUT2D eigenvalue weighted by molar-refractivity contribution is 5.97. The second-order valence-electron chi connectivity index (χ2n) is 7.27. The molecule has 2 amide bonds. The third kappa shape index (κ3) is 3.33. The van der Waals surface area contributed by atoms with Gasteiger partial charge in [-0.25, -0.2) is 0 Å². The van der Waals surface area contributed by atoms with Crippen LogP contribution in [-0.4, -0.2) is 35.3 Å². The zero-order valence-corrected chi connectivity index (χ0v) is 15.0. The van der Waals surface area contributed by atoms with E-state index < -0.39 is 0 Å².